The standard InChI is InChI=1S/C15H29/c1-13(12-15(2,3)4)10-11-14-8-6-5-7-9-14/h13H,5-12H2,1-4H3. The first kappa shape index (κ1) is 13.1. The summed E-state index contributed by atoms with van der Waals surface area (Å²) in [6.45, 7) is 9.50. The van der Waals surface area contributed by atoms with Crippen LogP contribution in [0.25, 0.3) is 0 Å². The van der Waals surface area contributed by atoms with Crippen molar-refractivity contribution in [1.29, 1.82) is 0 Å². The van der Waals surface area contributed by atoms with Crippen LogP contribution < -0.4 is 0 Å². The number of hydrogen-bond donors (Lipinski definition) is 0. The molecule has 0 aromatic carbocycles. The van der Waals surface area contributed by atoms with Crippen molar-refractivity contribution >= 4 is 0 Å². The van der Waals surface area contributed by atoms with Crippen LogP contribution >= 0.6 is 0 Å². The van der Waals surface area contributed by atoms with Gasteiger partial charge < -0.3 is 0 Å². The molecule has 15 heavy (non-hydrogen) atoms. The lowest BCUT2D eigenvalue weighted by Crippen LogP contribution is -2.12. The van der Waals surface area contributed by atoms with Gasteiger partial charge in [0.05, 0.1) is 0 Å². The van der Waals surface area contributed by atoms with Gasteiger partial charge in [0, 0.05) is 0 Å². The van der Waals surface area contributed by atoms with E-state index >= 15 is 0 Å². The Morgan fingerprint density at radius 1 is 1.07 bits per heavy atom. The van der Waals surface area contributed by atoms with E-state index in [1.54, 1.807) is 0 Å². The molecule has 0 heterocycles. The number of rotatable bonds is 4. The highest BCUT2D eigenvalue weighted by atomic mass is 14.2. The second kappa shape index (κ2) is 5.92. The van der Waals surface area contributed by atoms with Gasteiger partial charge in [0.25, 0.3) is 0 Å². The van der Waals surface area contributed by atoms with Crippen molar-refractivity contribution in [3.63, 3.8) is 0 Å². The Hall–Kier alpha value is 0. The molecule has 1 unspecified atom stereocenters. The van der Waals surface area contributed by atoms with E-state index in [2.05, 4.69) is 27.7 Å². The maximum atomic E-state index is 2.43. The Labute approximate surface area is 96.8 Å². The Balaban J connectivity index is 2.12. The quantitative estimate of drug-likeness (QED) is 0.583. The van der Waals surface area contributed by atoms with Crippen molar-refractivity contribution < 1.29 is 0 Å². The van der Waals surface area contributed by atoms with Crippen LogP contribution in [0.15, 0.2) is 0 Å². The topological polar surface area (TPSA) is 0 Å². The van der Waals surface area contributed by atoms with Crippen LogP contribution in [0.5, 0.6) is 0 Å². The summed E-state index contributed by atoms with van der Waals surface area (Å²) < 4.78 is 0. The summed E-state index contributed by atoms with van der Waals surface area (Å²) in [6, 6.07) is 0. The molecule has 0 amide bonds. The molecule has 0 nitrogen and oxygen atoms in total. The molecule has 1 radical (unpaired) electrons. The third kappa shape index (κ3) is 6.22. The second-order valence-corrected chi connectivity index (χ2v) is 6.72. The summed E-state index contributed by atoms with van der Waals surface area (Å²) in [4.78, 5) is 0. The molecular formula is C15H29. The third-order valence-electron chi connectivity index (χ3n) is 3.51. The third-order valence-corrected chi connectivity index (χ3v) is 3.51. The van der Waals surface area contributed by atoms with Gasteiger partial charge in [-0.3, -0.25) is 0 Å². The van der Waals surface area contributed by atoms with E-state index in [0.29, 0.717) is 5.41 Å². The van der Waals surface area contributed by atoms with Crippen LogP contribution in [0.1, 0.15) is 79.1 Å². The molecule has 0 aromatic heterocycles. The lowest BCUT2D eigenvalue weighted by atomic mass is 9.80. The van der Waals surface area contributed by atoms with Gasteiger partial charge in [-0.1, -0.05) is 53.4 Å². The summed E-state index contributed by atoms with van der Waals surface area (Å²) in [7, 11) is 0. The largest absolute Gasteiger partial charge is 0.0625 e. The normalized spacial score (nSPS) is 21.6. The maximum Gasteiger partial charge on any atom is -0.0241 e. The minimum Gasteiger partial charge on any atom is -0.0625 e. The minimum atomic E-state index is 0.511. The van der Waals surface area contributed by atoms with Gasteiger partial charge in [0.15, 0.2) is 0 Å². The summed E-state index contributed by atoms with van der Waals surface area (Å²) >= 11 is 0. The van der Waals surface area contributed by atoms with Crippen molar-refractivity contribution in [3.05, 3.63) is 5.92 Å². The van der Waals surface area contributed by atoms with Crippen molar-refractivity contribution in [2.45, 2.75) is 79.1 Å². The van der Waals surface area contributed by atoms with Crippen molar-refractivity contribution in [2.24, 2.45) is 11.3 Å². The summed E-state index contributed by atoms with van der Waals surface area (Å²) in [5.41, 5.74) is 0.511. The van der Waals surface area contributed by atoms with Crippen LogP contribution in [0.4, 0.5) is 0 Å². The van der Waals surface area contributed by atoms with Crippen molar-refractivity contribution in [1.82, 2.24) is 0 Å². The highest BCUT2D eigenvalue weighted by Crippen LogP contribution is 2.33. The van der Waals surface area contributed by atoms with E-state index in [4.69, 9.17) is 0 Å². The van der Waals surface area contributed by atoms with Crippen LogP contribution in [-0.4, -0.2) is 0 Å². The zero-order valence-corrected chi connectivity index (χ0v) is 11.2. The van der Waals surface area contributed by atoms with E-state index in [1.807, 2.05) is 5.92 Å². The second-order valence-electron chi connectivity index (χ2n) is 6.72. The Morgan fingerprint density at radius 2 is 1.67 bits per heavy atom. The van der Waals surface area contributed by atoms with E-state index in [-0.39, 0.29) is 0 Å². The van der Waals surface area contributed by atoms with E-state index in [0.717, 1.165) is 5.92 Å². The molecule has 1 saturated carbocycles. The van der Waals surface area contributed by atoms with Gasteiger partial charge in [0.2, 0.25) is 0 Å². The van der Waals surface area contributed by atoms with Crippen molar-refractivity contribution in [2.75, 3.05) is 0 Å². The molecule has 89 valence electrons. The summed E-state index contributed by atoms with van der Waals surface area (Å²) in [5.74, 6) is 2.77. The van der Waals surface area contributed by atoms with Gasteiger partial charge in [-0.25, -0.2) is 0 Å². The van der Waals surface area contributed by atoms with Crippen LogP contribution in [0.3, 0.4) is 0 Å². The van der Waals surface area contributed by atoms with E-state index in [1.165, 1.54) is 51.4 Å². The molecule has 1 aliphatic carbocycles. The highest BCUT2D eigenvalue weighted by molar-refractivity contribution is 4.92. The first-order valence-corrected chi connectivity index (χ1v) is 6.81. The summed E-state index contributed by atoms with van der Waals surface area (Å²) in [5, 5.41) is 0. The smallest absolute Gasteiger partial charge is 0.0241 e. The van der Waals surface area contributed by atoms with Gasteiger partial charge >= 0.3 is 0 Å². The molecule has 1 atom stereocenters. The molecule has 1 aliphatic rings. The average Bonchev–Trinajstić information content (AvgIpc) is 2.14. The molecule has 0 bridgehead atoms. The fourth-order valence-corrected chi connectivity index (χ4v) is 2.90. The molecule has 0 saturated heterocycles. The fraction of sp³-hybridized carbons (Fsp3) is 0.933. The molecule has 0 aromatic rings. The van der Waals surface area contributed by atoms with Crippen LogP contribution in [-0.2, 0) is 0 Å². The van der Waals surface area contributed by atoms with Gasteiger partial charge in [-0.2, -0.15) is 0 Å². The Bertz CT molecular complexity index is 157. The van der Waals surface area contributed by atoms with Gasteiger partial charge in [0.1, 0.15) is 0 Å². The molecule has 0 aliphatic heterocycles. The maximum absolute atomic E-state index is 2.43. The highest BCUT2D eigenvalue weighted by Gasteiger charge is 2.18. The van der Waals surface area contributed by atoms with E-state index < -0.39 is 0 Å². The van der Waals surface area contributed by atoms with Gasteiger partial charge in [-0.05, 0) is 42.9 Å². The first-order valence-electron chi connectivity index (χ1n) is 6.81. The fourth-order valence-electron chi connectivity index (χ4n) is 2.90. The summed E-state index contributed by atoms with van der Waals surface area (Å²) in [6.07, 6.45) is 11.5. The van der Waals surface area contributed by atoms with E-state index in [9.17, 15) is 0 Å². The molecule has 0 heteroatoms. The lowest BCUT2D eigenvalue weighted by Gasteiger charge is -2.26. The average molecular weight is 209 g/mol. The molecule has 1 fully saturated rings. The zero-order valence-electron chi connectivity index (χ0n) is 11.2. The predicted octanol–water partition coefficient (Wildman–Crippen LogP) is 5.38. The Morgan fingerprint density at radius 3 is 2.20 bits per heavy atom. The molecule has 1 rings (SSSR count). The number of hydrogen-bond acceptors (Lipinski definition) is 0. The van der Waals surface area contributed by atoms with Crippen LogP contribution in [0.2, 0.25) is 0 Å². The van der Waals surface area contributed by atoms with Crippen LogP contribution in [0, 0.1) is 17.3 Å². The lowest BCUT2D eigenvalue weighted by molar-refractivity contribution is 0.291. The molecule has 0 N–H and O–H groups in total. The minimum absolute atomic E-state index is 0.511. The Kier molecular flexibility index (Phi) is 5.15. The van der Waals surface area contributed by atoms with Crippen molar-refractivity contribution in [3.8, 4) is 0 Å². The predicted molar refractivity (Wildman–Crippen MR) is 68.8 cm³/mol. The van der Waals surface area contributed by atoms with Gasteiger partial charge in [-0.15, -0.1) is 0 Å². The zero-order chi connectivity index (χ0) is 11.3. The monoisotopic (exact) mass is 209 g/mol. The SMILES string of the molecule is CC(CC[C]1CCCCC1)CC(C)(C)C. The molecule has 0 spiro atoms. The first-order chi connectivity index (χ1) is 6.97. The molecular weight excluding hydrogens is 180 g/mol.